The molecule has 0 saturated carbocycles. The van der Waals surface area contributed by atoms with E-state index in [1.165, 1.54) is 28.8 Å². The predicted octanol–water partition coefficient (Wildman–Crippen LogP) is 3.18. The Morgan fingerprint density at radius 3 is 2.45 bits per heavy atom. The molecule has 29 heavy (non-hydrogen) atoms. The molecule has 0 unspecified atom stereocenters. The number of halogens is 2. The van der Waals surface area contributed by atoms with Crippen LogP contribution in [0, 0.1) is 12.7 Å². The number of amides is 1. The van der Waals surface area contributed by atoms with Crippen molar-refractivity contribution in [1.29, 1.82) is 0 Å². The van der Waals surface area contributed by atoms with E-state index in [0.29, 0.717) is 33.4 Å². The number of rotatable bonds is 6. The normalized spacial score (nSPS) is 10.8. The molecule has 0 radical (unpaired) electrons. The summed E-state index contributed by atoms with van der Waals surface area (Å²) in [7, 11) is 0. The lowest BCUT2D eigenvalue weighted by Crippen LogP contribution is -2.33. The molecule has 3 aromatic rings. The zero-order valence-corrected chi connectivity index (χ0v) is 16.4. The zero-order valence-electron chi connectivity index (χ0n) is 15.7. The highest BCUT2D eigenvalue weighted by molar-refractivity contribution is 6.30. The fourth-order valence-corrected chi connectivity index (χ4v) is 3.07. The molecule has 2 aromatic carbocycles. The van der Waals surface area contributed by atoms with Crippen LogP contribution in [0.15, 0.2) is 53.3 Å². The summed E-state index contributed by atoms with van der Waals surface area (Å²) in [6, 6.07) is 12.1. The van der Waals surface area contributed by atoms with Crippen LogP contribution in [0.25, 0.3) is 11.4 Å². The van der Waals surface area contributed by atoms with Gasteiger partial charge < -0.3 is 10.4 Å². The summed E-state index contributed by atoms with van der Waals surface area (Å²) in [5, 5.41) is 12.4. The van der Waals surface area contributed by atoms with Crippen molar-refractivity contribution in [3.05, 3.63) is 81.0 Å². The van der Waals surface area contributed by atoms with Crippen molar-refractivity contribution in [1.82, 2.24) is 9.55 Å². The number of aryl methyl sites for hydroxylation is 1. The number of hydrogen-bond acceptors (Lipinski definition) is 4. The van der Waals surface area contributed by atoms with E-state index in [4.69, 9.17) is 11.6 Å². The maximum absolute atomic E-state index is 13.1. The maximum Gasteiger partial charge on any atom is 0.257 e. The molecule has 1 amide bonds. The van der Waals surface area contributed by atoms with Gasteiger partial charge in [0, 0.05) is 40.6 Å². The lowest BCUT2D eigenvalue weighted by Gasteiger charge is -2.16. The molecule has 1 aromatic heterocycles. The summed E-state index contributed by atoms with van der Waals surface area (Å²) in [6.07, 6.45) is 0.137. The van der Waals surface area contributed by atoms with Gasteiger partial charge in [0.1, 0.15) is 18.2 Å². The Kier molecular flexibility index (Phi) is 6.41. The number of aromatic nitrogens is 2. The number of carbonyl (C=O) groups is 1. The SMILES string of the molecule is Cc1nc(-c2ccc(Cl)cc2)n(CC(=O)Nc2ccc(F)cc2)c(=O)c1CCO. The minimum atomic E-state index is -0.463. The second-order valence-electron chi connectivity index (χ2n) is 6.43. The number of carbonyl (C=O) groups excluding carboxylic acids is 1. The quantitative estimate of drug-likeness (QED) is 0.647. The number of nitrogens with one attached hydrogen (secondary N) is 1. The Balaban J connectivity index is 2.01. The van der Waals surface area contributed by atoms with Crippen LogP contribution in [-0.2, 0) is 17.8 Å². The third-order valence-electron chi connectivity index (χ3n) is 4.36. The molecule has 0 atom stereocenters. The van der Waals surface area contributed by atoms with Gasteiger partial charge in [-0.25, -0.2) is 9.37 Å². The monoisotopic (exact) mass is 415 g/mol. The molecule has 150 valence electrons. The third-order valence-corrected chi connectivity index (χ3v) is 4.62. The molecule has 2 N–H and O–H groups in total. The third kappa shape index (κ3) is 4.88. The first kappa shape index (κ1) is 20.7. The zero-order chi connectivity index (χ0) is 21.0. The summed E-state index contributed by atoms with van der Waals surface area (Å²) in [4.78, 5) is 30.1. The van der Waals surface area contributed by atoms with Gasteiger partial charge in [-0.3, -0.25) is 14.2 Å². The number of nitrogens with zero attached hydrogens (tertiary/aromatic N) is 2. The van der Waals surface area contributed by atoms with Crippen LogP contribution in [0.3, 0.4) is 0 Å². The van der Waals surface area contributed by atoms with Gasteiger partial charge in [-0.15, -0.1) is 0 Å². The first-order chi connectivity index (χ1) is 13.9. The smallest absolute Gasteiger partial charge is 0.257 e. The largest absolute Gasteiger partial charge is 0.396 e. The van der Waals surface area contributed by atoms with Crippen molar-refractivity contribution in [2.24, 2.45) is 0 Å². The molecule has 8 heteroatoms. The van der Waals surface area contributed by atoms with Crippen LogP contribution < -0.4 is 10.9 Å². The Morgan fingerprint density at radius 1 is 1.17 bits per heavy atom. The first-order valence-electron chi connectivity index (χ1n) is 8.91. The molecule has 6 nitrogen and oxygen atoms in total. The second-order valence-corrected chi connectivity index (χ2v) is 6.86. The van der Waals surface area contributed by atoms with Gasteiger partial charge in [0.15, 0.2) is 0 Å². The highest BCUT2D eigenvalue weighted by Crippen LogP contribution is 2.20. The summed E-state index contributed by atoms with van der Waals surface area (Å²) in [6.45, 7) is 1.19. The predicted molar refractivity (Wildman–Crippen MR) is 109 cm³/mol. The Hall–Kier alpha value is -3.03. The van der Waals surface area contributed by atoms with E-state index in [0.717, 1.165) is 0 Å². The summed E-state index contributed by atoms with van der Waals surface area (Å²) >= 11 is 5.95. The fourth-order valence-electron chi connectivity index (χ4n) is 2.94. The maximum atomic E-state index is 13.1. The number of hydrogen-bond donors (Lipinski definition) is 2. The lowest BCUT2D eigenvalue weighted by atomic mass is 10.1. The van der Waals surface area contributed by atoms with E-state index in [1.54, 1.807) is 31.2 Å². The Morgan fingerprint density at radius 2 is 1.83 bits per heavy atom. The standard InChI is InChI=1S/C21H19ClFN3O3/c1-13-18(10-11-27)21(29)26(20(24-13)14-2-4-15(22)5-3-14)12-19(28)25-17-8-6-16(23)7-9-17/h2-9,27H,10-12H2,1H3,(H,25,28). The molecular formula is C21H19ClFN3O3. The topological polar surface area (TPSA) is 84.2 Å². The molecule has 0 spiro atoms. The van der Waals surface area contributed by atoms with Gasteiger partial charge in [-0.1, -0.05) is 11.6 Å². The molecule has 0 fully saturated rings. The van der Waals surface area contributed by atoms with E-state index in [1.807, 2.05) is 0 Å². The van der Waals surface area contributed by atoms with E-state index >= 15 is 0 Å². The van der Waals surface area contributed by atoms with E-state index in [2.05, 4.69) is 10.3 Å². The average molecular weight is 416 g/mol. The van der Waals surface area contributed by atoms with Crippen molar-refractivity contribution >= 4 is 23.2 Å². The van der Waals surface area contributed by atoms with Crippen LogP contribution in [0.1, 0.15) is 11.3 Å². The minimum absolute atomic E-state index is 0.137. The highest BCUT2D eigenvalue weighted by atomic mass is 35.5. The number of aliphatic hydroxyl groups is 1. The molecule has 1 heterocycles. The van der Waals surface area contributed by atoms with Crippen molar-refractivity contribution in [3.8, 4) is 11.4 Å². The number of anilines is 1. The van der Waals surface area contributed by atoms with Crippen LogP contribution in [0.2, 0.25) is 5.02 Å². The second kappa shape index (κ2) is 8.98. The average Bonchev–Trinajstić information content (AvgIpc) is 2.69. The van der Waals surface area contributed by atoms with Gasteiger partial charge in [0.2, 0.25) is 5.91 Å². The van der Waals surface area contributed by atoms with Gasteiger partial charge >= 0.3 is 0 Å². The Bertz CT molecular complexity index is 1080. The first-order valence-corrected chi connectivity index (χ1v) is 9.29. The molecule has 3 rings (SSSR count). The van der Waals surface area contributed by atoms with Crippen molar-refractivity contribution in [2.45, 2.75) is 19.9 Å². The summed E-state index contributed by atoms with van der Waals surface area (Å²) in [5.74, 6) is -0.560. The molecule has 0 bridgehead atoms. The molecular weight excluding hydrogens is 397 g/mol. The van der Waals surface area contributed by atoms with Gasteiger partial charge in [0.25, 0.3) is 5.56 Å². The minimum Gasteiger partial charge on any atom is -0.396 e. The molecule has 0 aliphatic carbocycles. The van der Waals surface area contributed by atoms with Crippen LogP contribution in [0.5, 0.6) is 0 Å². The molecule has 0 saturated heterocycles. The van der Waals surface area contributed by atoms with Crippen molar-refractivity contribution in [3.63, 3.8) is 0 Å². The van der Waals surface area contributed by atoms with Gasteiger partial charge in [-0.2, -0.15) is 0 Å². The highest BCUT2D eigenvalue weighted by Gasteiger charge is 2.18. The van der Waals surface area contributed by atoms with Crippen LogP contribution in [0.4, 0.5) is 10.1 Å². The van der Waals surface area contributed by atoms with E-state index < -0.39 is 17.3 Å². The van der Waals surface area contributed by atoms with Crippen LogP contribution >= 0.6 is 11.6 Å². The van der Waals surface area contributed by atoms with Crippen LogP contribution in [-0.4, -0.2) is 27.2 Å². The number of benzene rings is 2. The van der Waals surface area contributed by atoms with Crippen molar-refractivity contribution in [2.75, 3.05) is 11.9 Å². The Labute approximate surface area is 171 Å². The van der Waals surface area contributed by atoms with Crippen molar-refractivity contribution < 1.29 is 14.3 Å². The summed E-state index contributed by atoms with van der Waals surface area (Å²) in [5.41, 5.74) is 1.47. The fraction of sp³-hybridized carbons (Fsp3) is 0.190. The van der Waals surface area contributed by atoms with Gasteiger partial charge in [-0.05, 0) is 55.5 Å². The summed E-state index contributed by atoms with van der Waals surface area (Å²) < 4.78 is 14.3. The number of aliphatic hydroxyl groups excluding tert-OH is 1. The van der Waals surface area contributed by atoms with E-state index in [9.17, 15) is 19.1 Å². The molecule has 0 aliphatic heterocycles. The lowest BCUT2D eigenvalue weighted by molar-refractivity contribution is -0.116. The van der Waals surface area contributed by atoms with E-state index in [-0.39, 0.29) is 19.6 Å². The van der Waals surface area contributed by atoms with Gasteiger partial charge in [0.05, 0.1) is 0 Å². The molecule has 0 aliphatic rings.